The van der Waals surface area contributed by atoms with Crippen LogP contribution in [0.4, 0.5) is 0 Å². The number of carbonyl (C=O) groups excluding carboxylic acids is 1. The van der Waals surface area contributed by atoms with Gasteiger partial charge in [0.2, 0.25) is 0 Å². The average Bonchev–Trinajstić information content (AvgIpc) is 2.22. The highest BCUT2D eigenvalue weighted by Gasteiger charge is 2.60. The van der Waals surface area contributed by atoms with Gasteiger partial charge in [-0.3, -0.25) is 4.79 Å². The number of aliphatic hydroxyl groups excluding tert-OH is 1. The molecule has 0 aromatic rings. The molecule has 0 bridgehead atoms. The third-order valence-corrected chi connectivity index (χ3v) is 4.00. The minimum atomic E-state index is -0.446. The van der Waals surface area contributed by atoms with Gasteiger partial charge in [-0.15, -0.1) is 12.3 Å². The van der Waals surface area contributed by atoms with Crippen molar-refractivity contribution in [2.75, 3.05) is 13.7 Å². The molecule has 1 N–H and O–H groups in total. The van der Waals surface area contributed by atoms with Crippen LogP contribution < -0.4 is 0 Å². The van der Waals surface area contributed by atoms with Gasteiger partial charge in [0.1, 0.15) is 5.78 Å². The summed E-state index contributed by atoms with van der Waals surface area (Å²) >= 11 is 0. The monoisotopic (exact) mass is 208 g/mol. The molecule has 0 heterocycles. The lowest BCUT2D eigenvalue weighted by molar-refractivity contribution is -0.167. The van der Waals surface area contributed by atoms with Gasteiger partial charge in [-0.25, -0.2) is 0 Å². The Balaban J connectivity index is 2.23. The van der Waals surface area contributed by atoms with E-state index in [0.717, 1.165) is 0 Å². The zero-order valence-corrected chi connectivity index (χ0v) is 8.90. The summed E-state index contributed by atoms with van der Waals surface area (Å²) in [5.41, 5.74) is -0.384. The zero-order valence-electron chi connectivity index (χ0n) is 8.90. The van der Waals surface area contributed by atoms with E-state index in [2.05, 4.69) is 5.92 Å². The first kappa shape index (κ1) is 10.7. The van der Waals surface area contributed by atoms with Crippen LogP contribution in [0.3, 0.4) is 0 Å². The molecule has 0 saturated heterocycles. The quantitative estimate of drug-likeness (QED) is 0.676. The van der Waals surface area contributed by atoms with Crippen LogP contribution in [0.2, 0.25) is 0 Å². The fourth-order valence-corrected chi connectivity index (χ4v) is 3.07. The molecule has 15 heavy (non-hydrogen) atoms. The summed E-state index contributed by atoms with van der Waals surface area (Å²) in [6.07, 6.45) is 6.81. The minimum absolute atomic E-state index is 0.124. The summed E-state index contributed by atoms with van der Waals surface area (Å²) in [6, 6.07) is 0. The number of methoxy groups -OCH3 is 1. The molecule has 0 radical (unpaired) electrons. The Morgan fingerprint density at radius 3 is 3.00 bits per heavy atom. The van der Waals surface area contributed by atoms with Gasteiger partial charge >= 0.3 is 0 Å². The van der Waals surface area contributed by atoms with Crippen LogP contribution in [0, 0.1) is 29.6 Å². The van der Waals surface area contributed by atoms with Crippen LogP contribution in [-0.4, -0.2) is 30.7 Å². The lowest BCUT2D eigenvalue weighted by atomic mass is 9.49. The van der Waals surface area contributed by atoms with E-state index in [9.17, 15) is 9.90 Å². The van der Waals surface area contributed by atoms with Gasteiger partial charge in [0.05, 0.1) is 24.0 Å². The van der Waals surface area contributed by atoms with Crippen molar-refractivity contribution in [3.8, 4) is 12.3 Å². The summed E-state index contributed by atoms with van der Waals surface area (Å²) in [6.45, 7) is 0.446. The summed E-state index contributed by atoms with van der Waals surface area (Å²) < 4.78 is 5.13. The third-order valence-electron chi connectivity index (χ3n) is 4.00. The van der Waals surface area contributed by atoms with Crippen LogP contribution in [0.1, 0.15) is 19.3 Å². The van der Waals surface area contributed by atoms with E-state index in [1.54, 1.807) is 7.11 Å². The molecule has 3 nitrogen and oxygen atoms in total. The predicted molar refractivity (Wildman–Crippen MR) is 55.0 cm³/mol. The first-order valence-electron chi connectivity index (χ1n) is 5.32. The van der Waals surface area contributed by atoms with E-state index in [-0.39, 0.29) is 23.0 Å². The number of fused-ring (bicyclic) bond motifs is 1. The molecule has 2 aliphatic rings. The van der Waals surface area contributed by atoms with Crippen LogP contribution in [0.5, 0.6) is 0 Å². The number of ketones is 1. The molecule has 2 aliphatic carbocycles. The second-order valence-electron chi connectivity index (χ2n) is 4.62. The molecule has 0 aliphatic heterocycles. The number of terminal acetylenes is 1. The van der Waals surface area contributed by atoms with Gasteiger partial charge in [-0.05, 0) is 18.8 Å². The van der Waals surface area contributed by atoms with E-state index >= 15 is 0 Å². The van der Waals surface area contributed by atoms with E-state index in [0.29, 0.717) is 25.9 Å². The van der Waals surface area contributed by atoms with Crippen molar-refractivity contribution in [2.24, 2.45) is 17.3 Å². The molecular weight excluding hydrogens is 192 g/mol. The van der Waals surface area contributed by atoms with Crippen molar-refractivity contribution in [2.45, 2.75) is 25.4 Å². The molecule has 2 saturated carbocycles. The molecule has 0 aromatic heterocycles. The normalized spacial score (nSPS) is 44.1. The van der Waals surface area contributed by atoms with Crippen molar-refractivity contribution < 1.29 is 14.6 Å². The summed E-state index contributed by atoms with van der Waals surface area (Å²) in [4.78, 5) is 11.7. The van der Waals surface area contributed by atoms with Crippen molar-refractivity contribution in [3.05, 3.63) is 0 Å². The van der Waals surface area contributed by atoms with Gasteiger partial charge in [-0.1, -0.05) is 0 Å². The number of ether oxygens (including phenoxy) is 1. The molecule has 4 atom stereocenters. The van der Waals surface area contributed by atoms with Crippen molar-refractivity contribution in [1.82, 2.24) is 0 Å². The van der Waals surface area contributed by atoms with E-state index < -0.39 is 6.10 Å². The first-order chi connectivity index (χ1) is 7.15. The van der Waals surface area contributed by atoms with Crippen molar-refractivity contribution in [1.29, 1.82) is 0 Å². The Hall–Kier alpha value is -0.850. The largest absolute Gasteiger partial charge is 0.392 e. The Kier molecular flexibility index (Phi) is 2.57. The highest BCUT2D eigenvalue weighted by atomic mass is 16.5. The molecule has 2 rings (SSSR count). The number of carbonyl (C=O) groups is 1. The fraction of sp³-hybridized carbons (Fsp3) is 0.750. The smallest absolute Gasteiger partial charge is 0.142 e. The molecule has 82 valence electrons. The number of Topliss-reactive ketones (excluding diaryl/α,β-unsaturated/α-hetero) is 1. The molecule has 2 fully saturated rings. The Bertz CT molecular complexity index is 317. The fourth-order valence-electron chi connectivity index (χ4n) is 3.07. The molecule has 0 aromatic carbocycles. The van der Waals surface area contributed by atoms with E-state index in [1.807, 2.05) is 0 Å². The van der Waals surface area contributed by atoms with Crippen LogP contribution >= 0.6 is 0 Å². The third kappa shape index (κ3) is 1.32. The SMILES string of the molecule is C#C[C@H]1[C@H](O)CC[C@@]2(COC)C(=O)C[C@@H]12. The van der Waals surface area contributed by atoms with Gasteiger partial charge < -0.3 is 9.84 Å². The highest BCUT2D eigenvalue weighted by molar-refractivity contribution is 5.92. The average molecular weight is 208 g/mol. The minimum Gasteiger partial charge on any atom is -0.392 e. The topological polar surface area (TPSA) is 46.5 Å². The highest BCUT2D eigenvalue weighted by Crippen LogP contribution is 2.55. The predicted octanol–water partition coefficient (Wildman–Crippen LogP) is 0.612. The van der Waals surface area contributed by atoms with Gasteiger partial charge in [0.15, 0.2) is 0 Å². The van der Waals surface area contributed by atoms with Gasteiger partial charge in [0, 0.05) is 13.5 Å². The Morgan fingerprint density at radius 2 is 2.47 bits per heavy atom. The lowest BCUT2D eigenvalue weighted by Crippen LogP contribution is -2.60. The van der Waals surface area contributed by atoms with Crippen LogP contribution in [0.15, 0.2) is 0 Å². The lowest BCUT2D eigenvalue weighted by Gasteiger charge is -2.54. The number of hydrogen-bond donors (Lipinski definition) is 1. The van der Waals surface area contributed by atoms with Gasteiger partial charge in [-0.2, -0.15) is 0 Å². The molecule has 3 heteroatoms. The molecular formula is C12H16O3. The van der Waals surface area contributed by atoms with Crippen molar-refractivity contribution >= 4 is 5.78 Å². The zero-order chi connectivity index (χ0) is 11.1. The maximum atomic E-state index is 11.7. The second kappa shape index (κ2) is 3.62. The summed E-state index contributed by atoms with van der Waals surface area (Å²) in [5, 5.41) is 9.77. The van der Waals surface area contributed by atoms with Crippen LogP contribution in [-0.2, 0) is 9.53 Å². The Labute approximate surface area is 89.8 Å². The second-order valence-corrected chi connectivity index (χ2v) is 4.62. The molecule has 0 amide bonds. The van der Waals surface area contributed by atoms with Crippen LogP contribution in [0.25, 0.3) is 0 Å². The first-order valence-corrected chi connectivity index (χ1v) is 5.32. The van der Waals surface area contributed by atoms with E-state index in [1.165, 1.54) is 0 Å². The van der Waals surface area contributed by atoms with Gasteiger partial charge in [0.25, 0.3) is 0 Å². The molecule has 0 unspecified atom stereocenters. The Morgan fingerprint density at radius 1 is 1.73 bits per heavy atom. The maximum Gasteiger partial charge on any atom is 0.142 e. The summed E-state index contributed by atoms with van der Waals surface area (Å²) in [7, 11) is 1.60. The number of aliphatic hydroxyl groups is 1. The van der Waals surface area contributed by atoms with E-state index in [4.69, 9.17) is 11.2 Å². The summed E-state index contributed by atoms with van der Waals surface area (Å²) in [5.74, 6) is 2.83. The standard InChI is InChI=1S/C12H16O3/c1-3-8-9-6-11(14)12(9,7-15-2)5-4-10(8)13/h1,8-10,13H,4-7H2,2H3/t8-,9+,10-,12+/m1/s1. The number of hydrogen-bond acceptors (Lipinski definition) is 3. The molecule has 0 spiro atoms. The van der Waals surface area contributed by atoms with Crippen molar-refractivity contribution in [3.63, 3.8) is 0 Å². The number of rotatable bonds is 2. The maximum absolute atomic E-state index is 11.7.